The van der Waals surface area contributed by atoms with Crippen LogP contribution in [0, 0.1) is 0 Å². The molecule has 0 N–H and O–H groups in total. The molecular formula is C57H39N. The number of rotatable bonds is 7. The summed E-state index contributed by atoms with van der Waals surface area (Å²) in [6, 6.07) is 86.8. The van der Waals surface area contributed by atoms with Crippen molar-refractivity contribution >= 4 is 38.6 Å². The fourth-order valence-electron chi connectivity index (χ4n) is 9.45. The lowest BCUT2D eigenvalue weighted by Crippen LogP contribution is -2.28. The van der Waals surface area contributed by atoms with Crippen LogP contribution in [0.3, 0.4) is 0 Å². The summed E-state index contributed by atoms with van der Waals surface area (Å²) < 4.78 is 0. The maximum atomic E-state index is 2.45. The molecule has 0 aromatic heterocycles. The third kappa shape index (κ3) is 5.47. The lowest BCUT2D eigenvalue weighted by atomic mass is 9.67. The predicted molar refractivity (Wildman–Crippen MR) is 244 cm³/mol. The largest absolute Gasteiger partial charge is 0.310 e. The molecule has 0 radical (unpaired) electrons. The van der Waals surface area contributed by atoms with Gasteiger partial charge in [-0.3, -0.25) is 0 Å². The molecule has 10 aromatic carbocycles. The molecule has 1 nitrogen and oxygen atoms in total. The van der Waals surface area contributed by atoms with Gasteiger partial charge in [-0.1, -0.05) is 200 Å². The smallest absolute Gasteiger partial charge is 0.0714 e. The van der Waals surface area contributed by atoms with E-state index in [-0.39, 0.29) is 0 Å². The Hall–Kier alpha value is -7.48. The zero-order valence-corrected chi connectivity index (χ0v) is 32.0. The normalized spacial score (nSPS) is 12.6. The highest BCUT2D eigenvalue weighted by atomic mass is 15.1. The molecular weight excluding hydrogens is 699 g/mol. The van der Waals surface area contributed by atoms with Gasteiger partial charge >= 0.3 is 0 Å². The second-order valence-corrected chi connectivity index (χ2v) is 15.3. The van der Waals surface area contributed by atoms with Crippen molar-refractivity contribution in [3.05, 3.63) is 259 Å². The molecule has 1 heteroatoms. The van der Waals surface area contributed by atoms with E-state index in [0.717, 1.165) is 17.1 Å². The van der Waals surface area contributed by atoms with Crippen LogP contribution in [0.25, 0.3) is 54.9 Å². The highest BCUT2D eigenvalue weighted by molar-refractivity contribution is 6.08. The molecule has 0 fully saturated rings. The van der Waals surface area contributed by atoms with E-state index in [1.54, 1.807) is 0 Å². The summed E-state index contributed by atoms with van der Waals surface area (Å²) in [7, 11) is 0. The molecule has 1 aliphatic carbocycles. The lowest BCUT2D eigenvalue weighted by Gasteiger charge is -2.35. The molecule has 1 aliphatic rings. The first-order valence-electron chi connectivity index (χ1n) is 20.1. The number of hydrogen-bond acceptors (Lipinski definition) is 1. The molecule has 0 bridgehead atoms. The van der Waals surface area contributed by atoms with E-state index in [0.29, 0.717) is 0 Å². The number of nitrogens with zero attached hydrogens (tertiary/aromatic N) is 1. The summed E-state index contributed by atoms with van der Waals surface area (Å²) in [5.41, 5.74) is 15.3. The fourth-order valence-corrected chi connectivity index (χ4v) is 9.45. The maximum absolute atomic E-state index is 2.45. The number of benzene rings is 10. The van der Waals surface area contributed by atoms with Gasteiger partial charge in [-0.2, -0.15) is 0 Å². The van der Waals surface area contributed by atoms with Crippen molar-refractivity contribution in [1.82, 2.24) is 0 Å². The second kappa shape index (κ2) is 13.9. The standard InChI is InChI=1S/C57H39N/c1-4-14-40(15-5-1)41-24-26-42(27-25-41)43-30-32-48(33-31-43)58(49-34-36-52-45(38-49)29-28-44-16-10-11-21-51(44)52)50-35-37-54-53-22-12-13-23-55(53)57(56(54)39-50,46-17-6-2-7-18-46)47-19-8-3-9-20-47/h1-39H. The Bertz CT molecular complexity index is 3040. The molecule has 0 saturated carbocycles. The fraction of sp³-hybridized carbons (Fsp3) is 0.0175. The average molecular weight is 738 g/mol. The molecule has 58 heavy (non-hydrogen) atoms. The quantitative estimate of drug-likeness (QED) is 0.147. The first-order valence-corrected chi connectivity index (χ1v) is 20.1. The third-order valence-electron chi connectivity index (χ3n) is 12.1. The zero-order valence-electron chi connectivity index (χ0n) is 32.0. The summed E-state index contributed by atoms with van der Waals surface area (Å²) in [4.78, 5) is 2.43. The van der Waals surface area contributed by atoms with E-state index in [1.807, 2.05) is 0 Å². The summed E-state index contributed by atoms with van der Waals surface area (Å²) in [6.07, 6.45) is 0. The summed E-state index contributed by atoms with van der Waals surface area (Å²) in [5, 5.41) is 5.00. The Morgan fingerprint density at radius 3 is 1.43 bits per heavy atom. The molecule has 11 rings (SSSR count). The van der Waals surface area contributed by atoms with E-state index >= 15 is 0 Å². The van der Waals surface area contributed by atoms with Crippen LogP contribution in [0.5, 0.6) is 0 Å². The van der Waals surface area contributed by atoms with Gasteiger partial charge in [-0.15, -0.1) is 0 Å². The Balaban J connectivity index is 1.09. The van der Waals surface area contributed by atoms with Crippen molar-refractivity contribution in [2.45, 2.75) is 5.41 Å². The van der Waals surface area contributed by atoms with Crippen LogP contribution < -0.4 is 4.90 Å². The minimum atomic E-state index is -0.492. The number of anilines is 3. The van der Waals surface area contributed by atoms with Gasteiger partial charge < -0.3 is 4.90 Å². The summed E-state index contributed by atoms with van der Waals surface area (Å²) in [6.45, 7) is 0. The van der Waals surface area contributed by atoms with Gasteiger partial charge in [0.2, 0.25) is 0 Å². The van der Waals surface area contributed by atoms with Gasteiger partial charge in [0.25, 0.3) is 0 Å². The molecule has 0 unspecified atom stereocenters. The predicted octanol–water partition coefficient (Wildman–Crippen LogP) is 15.2. The van der Waals surface area contributed by atoms with E-state index in [4.69, 9.17) is 0 Å². The van der Waals surface area contributed by atoms with Crippen LogP contribution in [0.15, 0.2) is 237 Å². The molecule has 0 heterocycles. The number of hydrogen-bond donors (Lipinski definition) is 0. The molecule has 272 valence electrons. The van der Waals surface area contributed by atoms with Crippen LogP contribution >= 0.6 is 0 Å². The van der Waals surface area contributed by atoms with Crippen molar-refractivity contribution in [2.24, 2.45) is 0 Å². The third-order valence-corrected chi connectivity index (χ3v) is 12.1. The minimum absolute atomic E-state index is 0.492. The summed E-state index contributed by atoms with van der Waals surface area (Å²) in [5.74, 6) is 0. The lowest BCUT2D eigenvalue weighted by molar-refractivity contribution is 0.768. The second-order valence-electron chi connectivity index (χ2n) is 15.3. The number of fused-ring (bicyclic) bond motifs is 6. The SMILES string of the molecule is c1ccc(-c2ccc(-c3ccc(N(c4ccc5c(c4)C(c4ccccc4)(c4ccccc4)c4ccccc4-5)c4ccc5c(ccc6ccccc65)c4)cc3)cc2)cc1. The Morgan fingerprint density at radius 2 is 0.741 bits per heavy atom. The van der Waals surface area contributed by atoms with Crippen LogP contribution in [0.2, 0.25) is 0 Å². The Labute approximate surface area is 339 Å². The van der Waals surface area contributed by atoms with Gasteiger partial charge in [-0.25, -0.2) is 0 Å². The van der Waals surface area contributed by atoms with Crippen LogP contribution in [-0.4, -0.2) is 0 Å². The van der Waals surface area contributed by atoms with Gasteiger partial charge in [-0.05, 0) is 114 Å². The van der Waals surface area contributed by atoms with Gasteiger partial charge in [0.15, 0.2) is 0 Å². The molecule has 0 amide bonds. The van der Waals surface area contributed by atoms with Gasteiger partial charge in [0, 0.05) is 17.1 Å². The Morgan fingerprint density at radius 1 is 0.276 bits per heavy atom. The summed E-state index contributed by atoms with van der Waals surface area (Å²) >= 11 is 0. The first-order chi connectivity index (χ1) is 28.8. The van der Waals surface area contributed by atoms with Gasteiger partial charge in [0.1, 0.15) is 0 Å². The average Bonchev–Trinajstić information content (AvgIpc) is 3.60. The monoisotopic (exact) mass is 737 g/mol. The van der Waals surface area contributed by atoms with E-state index < -0.39 is 5.41 Å². The molecule has 0 spiro atoms. The first kappa shape index (κ1) is 33.8. The minimum Gasteiger partial charge on any atom is -0.310 e. The highest BCUT2D eigenvalue weighted by Crippen LogP contribution is 2.57. The van der Waals surface area contributed by atoms with E-state index in [1.165, 1.54) is 77.2 Å². The zero-order chi connectivity index (χ0) is 38.5. The van der Waals surface area contributed by atoms with Crippen molar-refractivity contribution in [3.63, 3.8) is 0 Å². The van der Waals surface area contributed by atoms with Crippen molar-refractivity contribution in [1.29, 1.82) is 0 Å². The van der Waals surface area contributed by atoms with Crippen LogP contribution in [0.4, 0.5) is 17.1 Å². The molecule has 0 aliphatic heterocycles. The van der Waals surface area contributed by atoms with E-state index in [2.05, 4.69) is 241 Å². The Kier molecular flexibility index (Phi) is 8.12. The van der Waals surface area contributed by atoms with Crippen molar-refractivity contribution < 1.29 is 0 Å². The van der Waals surface area contributed by atoms with Crippen LogP contribution in [-0.2, 0) is 5.41 Å². The maximum Gasteiger partial charge on any atom is 0.0714 e. The molecule has 10 aromatic rings. The molecule has 0 atom stereocenters. The molecule has 0 saturated heterocycles. The van der Waals surface area contributed by atoms with Crippen molar-refractivity contribution in [2.75, 3.05) is 4.90 Å². The van der Waals surface area contributed by atoms with Crippen LogP contribution in [0.1, 0.15) is 22.3 Å². The topological polar surface area (TPSA) is 3.24 Å². The highest BCUT2D eigenvalue weighted by Gasteiger charge is 2.46. The van der Waals surface area contributed by atoms with E-state index in [9.17, 15) is 0 Å². The van der Waals surface area contributed by atoms with Crippen molar-refractivity contribution in [3.8, 4) is 33.4 Å². The van der Waals surface area contributed by atoms with Gasteiger partial charge in [0.05, 0.1) is 5.41 Å².